The Balaban J connectivity index is 1.95. The second kappa shape index (κ2) is 7.28. The molecule has 1 heterocycles. The molecule has 0 bridgehead atoms. The molecule has 1 aliphatic rings. The Morgan fingerprint density at radius 1 is 1.29 bits per heavy atom. The fraction of sp³-hybridized carbons (Fsp3) is 0.789. The van der Waals surface area contributed by atoms with Gasteiger partial charge >= 0.3 is 0 Å². The first-order valence-corrected chi connectivity index (χ1v) is 9.61. The van der Waals surface area contributed by atoms with Crippen LogP contribution in [0.3, 0.4) is 0 Å². The fourth-order valence-corrected chi connectivity index (χ4v) is 4.55. The second-order valence-corrected chi connectivity index (χ2v) is 8.83. The number of hydrogen-bond donors (Lipinski definition) is 1. The molecule has 2 rings (SSSR count). The maximum absolute atomic E-state index is 3.65. The Morgan fingerprint density at radius 2 is 2.00 bits per heavy atom. The van der Waals surface area contributed by atoms with Gasteiger partial charge in [0.25, 0.3) is 0 Å². The van der Waals surface area contributed by atoms with Crippen molar-refractivity contribution in [2.45, 2.75) is 66.2 Å². The molecule has 1 aromatic rings. The molecule has 1 N–H and O–H groups in total. The van der Waals surface area contributed by atoms with Crippen LogP contribution in [0.2, 0.25) is 0 Å². The van der Waals surface area contributed by atoms with Gasteiger partial charge in [-0.2, -0.15) is 11.3 Å². The Labute approximate surface area is 135 Å². The first-order chi connectivity index (χ1) is 9.95. The summed E-state index contributed by atoms with van der Waals surface area (Å²) in [6.07, 6.45) is 8.26. The monoisotopic (exact) mass is 307 g/mol. The summed E-state index contributed by atoms with van der Waals surface area (Å²) < 4.78 is 0. The average molecular weight is 308 g/mol. The number of aryl methyl sites for hydroxylation is 1. The van der Waals surface area contributed by atoms with Crippen molar-refractivity contribution in [1.82, 2.24) is 5.32 Å². The van der Waals surface area contributed by atoms with Gasteiger partial charge in [0.2, 0.25) is 0 Å². The van der Waals surface area contributed by atoms with E-state index in [1.165, 1.54) is 50.6 Å². The Morgan fingerprint density at radius 3 is 2.52 bits per heavy atom. The Hall–Kier alpha value is -0.340. The minimum absolute atomic E-state index is 0.484. The molecule has 21 heavy (non-hydrogen) atoms. The lowest BCUT2D eigenvalue weighted by atomic mass is 9.62. The predicted molar refractivity (Wildman–Crippen MR) is 95.0 cm³/mol. The van der Waals surface area contributed by atoms with E-state index < -0.39 is 0 Å². The molecule has 0 atom stereocenters. The minimum atomic E-state index is 0.484. The maximum atomic E-state index is 3.65. The van der Waals surface area contributed by atoms with E-state index in [1.54, 1.807) is 0 Å². The quantitative estimate of drug-likeness (QED) is 0.730. The molecule has 0 spiro atoms. The number of hydrogen-bond acceptors (Lipinski definition) is 2. The molecule has 0 radical (unpaired) electrons. The Bertz CT molecular complexity index is 394. The Kier molecular flexibility index (Phi) is 5.90. The van der Waals surface area contributed by atoms with Crippen LogP contribution < -0.4 is 5.32 Å². The van der Waals surface area contributed by atoms with Crippen LogP contribution in [-0.4, -0.2) is 13.1 Å². The van der Waals surface area contributed by atoms with Crippen molar-refractivity contribution in [3.63, 3.8) is 0 Å². The van der Waals surface area contributed by atoms with Gasteiger partial charge in [-0.15, -0.1) is 0 Å². The van der Waals surface area contributed by atoms with Crippen molar-refractivity contribution in [3.05, 3.63) is 22.4 Å². The molecular formula is C19H33NS. The zero-order chi connectivity index (χ0) is 15.3. The first-order valence-electron chi connectivity index (χ1n) is 8.67. The molecule has 1 saturated carbocycles. The summed E-state index contributed by atoms with van der Waals surface area (Å²) in [4.78, 5) is 0. The van der Waals surface area contributed by atoms with E-state index in [2.05, 4.69) is 49.8 Å². The predicted octanol–water partition coefficient (Wildman–Crippen LogP) is 5.51. The third-order valence-electron chi connectivity index (χ3n) is 5.55. The van der Waals surface area contributed by atoms with Gasteiger partial charge in [-0.25, -0.2) is 0 Å². The highest BCUT2D eigenvalue weighted by atomic mass is 32.1. The van der Waals surface area contributed by atoms with Crippen LogP contribution >= 0.6 is 11.3 Å². The van der Waals surface area contributed by atoms with Crippen molar-refractivity contribution in [2.24, 2.45) is 16.7 Å². The molecule has 0 amide bonds. The van der Waals surface area contributed by atoms with Gasteiger partial charge in [-0.1, -0.05) is 27.7 Å². The van der Waals surface area contributed by atoms with Crippen LogP contribution in [0.25, 0.3) is 0 Å². The van der Waals surface area contributed by atoms with E-state index in [9.17, 15) is 0 Å². The van der Waals surface area contributed by atoms with Crippen LogP contribution in [0, 0.1) is 16.7 Å². The molecular weight excluding hydrogens is 274 g/mol. The van der Waals surface area contributed by atoms with Crippen molar-refractivity contribution in [3.8, 4) is 0 Å². The molecule has 1 fully saturated rings. The molecule has 1 aliphatic carbocycles. The SMILES string of the molecule is CCNCC1(CCc2ccsc2)CCC(C(C)(C)C)CC1. The van der Waals surface area contributed by atoms with Crippen molar-refractivity contribution in [2.75, 3.05) is 13.1 Å². The topological polar surface area (TPSA) is 12.0 Å². The molecule has 0 aromatic carbocycles. The fourth-order valence-electron chi connectivity index (χ4n) is 3.85. The zero-order valence-corrected chi connectivity index (χ0v) is 15.2. The van der Waals surface area contributed by atoms with E-state index in [-0.39, 0.29) is 0 Å². The third kappa shape index (κ3) is 4.82. The van der Waals surface area contributed by atoms with E-state index >= 15 is 0 Å². The number of thiophene rings is 1. The van der Waals surface area contributed by atoms with E-state index in [4.69, 9.17) is 0 Å². The van der Waals surface area contributed by atoms with Crippen molar-refractivity contribution >= 4 is 11.3 Å². The van der Waals surface area contributed by atoms with Gasteiger partial charge in [0.05, 0.1) is 0 Å². The third-order valence-corrected chi connectivity index (χ3v) is 6.28. The number of nitrogens with one attached hydrogen (secondary N) is 1. The van der Waals surface area contributed by atoms with Gasteiger partial charge in [-0.05, 0) is 84.2 Å². The summed E-state index contributed by atoms with van der Waals surface area (Å²) in [6.45, 7) is 11.8. The summed E-state index contributed by atoms with van der Waals surface area (Å²) in [5.74, 6) is 0.911. The maximum Gasteiger partial charge on any atom is 0.000781 e. The van der Waals surface area contributed by atoms with Crippen molar-refractivity contribution < 1.29 is 0 Å². The molecule has 0 aliphatic heterocycles. The smallest absolute Gasteiger partial charge is 0.000781 e. The molecule has 1 nitrogen and oxygen atoms in total. The van der Waals surface area contributed by atoms with Gasteiger partial charge in [-0.3, -0.25) is 0 Å². The molecule has 0 saturated heterocycles. The van der Waals surface area contributed by atoms with Gasteiger partial charge in [0.1, 0.15) is 0 Å². The molecule has 120 valence electrons. The van der Waals surface area contributed by atoms with E-state index in [0.717, 1.165) is 12.5 Å². The zero-order valence-electron chi connectivity index (χ0n) is 14.4. The highest BCUT2D eigenvalue weighted by Crippen LogP contribution is 2.47. The van der Waals surface area contributed by atoms with Gasteiger partial charge in [0, 0.05) is 6.54 Å². The summed E-state index contributed by atoms with van der Waals surface area (Å²) in [7, 11) is 0. The summed E-state index contributed by atoms with van der Waals surface area (Å²) in [6, 6.07) is 2.30. The molecule has 0 unspecified atom stereocenters. The minimum Gasteiger partial charge on any atom is -0.316 e. The average Bonchev–Trinajstić information content (AvgIpc) is 2.96. The lowest BCUT2D eigenvalue weighted by Crippen LogP contribution is -2.40. The highest BCUT2D eigenvalue weighted by Gasteiger charge is 2.38. The highest BCUT2D eigenvalue weighted by molar-refractivity contribution is 7.07. The van der Waals surface area contributed by atoms with E-state index in [0.29, 0.717) is 10.8 Å². The number of rotatable bonds is 6. The van der Waals surface area contributed by atoms with Crippen LogP contribution in [0.1, 0.15) is 65.4 Å². The van der Waals surface area contributed by atoms with Crippen LogP contribution in [0.15, 0.2) is 16.8 Å². The van der Waals surface area contributed by atoms with Crippen molar-refractivity contribution in [1.29, 1.82) is 0 Å². The summed E-state index contributed by atoms with van der Waals surface area (Å²) >= 11 is 1.83. The molecule has 2 heteroatoms. The second-order valence-electron chi connectivity index (χ2n) is 8.05. The largest absolute Gasteiger partial charge is 0.316 e. The van der Waals surface area contributed by atoms with Gasteiger partial charge < -0.3 is 5.32 Å². The lowest BCUT2D eigenvalue weighted by Gasteiger charge is -2.44. The molecule has 1 aromatic heterocycles. The van der Waals surface area contributed by atoms with Crippen LogP contribution in [0.4, 0.5) is 0 Å². The summed E-state index contributed by atoms with van der Waals surface area (Å²) in [5.41, 5.74) is 2.56. The van der Waals surface area contributed by atoms with Gasteiger partial charge in [0.15, 0.2) is 0 Å². The lowest BCUT2D eigenvalue weighted by molar-refractivity contribution is 0.0803. The first kappa shape index (κ1) is 17.0. The standard InChI is InChI=1S/C19H33NS/c1-5-20-15-19(10-6-16-9-13-21-14-16)11-7-17(8-12-19)18(2,3)4/h9,13-14,17,20H,5-8,10-12,15H2,1-4H3. The van der Waals surface area contributed by atoms with Crippen LogP contribution in [-0.2, 0) is 6.42 Å². The van der Waals surface area contributed by atoms with E-state index in [1.807, 2.05) is 11.3 Å². The van der Waals surface area contributed by atoms with Crippen LogP contribution in [0.5, 0.6) is 0 Å². The normalized spacial score (nSPS) is 27.0. The summed E-state index contributed by atoms with van der Waals surface area (Å²) in [5, 5.41) is 8.18.